The molecule has 15 heteroatoms. The van der Waals surface area contributed by atoms with Gasteiger partial charge in [-0.25, -0.2) is 18.4 Å². The maximum Gasteiger partial charge on any atom is 0.259 e. The second-order valence-corrected chi connectivity index (χ2v) is 18.5. The molecule has 13 nitrogen and oxygen atoms in total. The van der Waals surface area contributed by atoms with Gasteiger partial charge in [0.05, 0.1) is 34.9 Å². The highest BCUT2D eigenvalue weighted by molar-refractivity contribution is 7.91. The minimum atomic E-state index is -3.95. The fourth-order valence-electron chi connectivity index (χ4n) is 7.25. The zero-order valence-electron chi connectivity index (χ0n) is 31.9. The number of fused-ring (bicyclic) bond motifs is 1. The first-order chi connectivity index (χ1) is 25.7. The third-order valence-electron chi connectivity index (χ3n) is 11.2. The molecule has 0 radical (unpaired) electrons. The average molecular weight is 781 g/mol. The number of methoxy groups -OCH3 is 1. The standard InChI is InChI=1S/C39H52N6O7S2/c1-22(2)30-21-53-36(43-30)29-19-32(26-12-13-31(51-6)23(3)33(26)42-29)52-25-17-27(34(46)41-5)28(18-25)35(47)44-39(20-24(39)11-9-7-8-10-16-40)37(48)45-54(49,50)38(4)14-15-38/h9,11-13,19,21-22,24-25,27-28H,7-8,10,14-18,20,40H2,1-6H3,(H,41,46)(H,44,47)(H,45,48)/t24-,25+,27-,28-,39-/m1/s1. The van der Waals surface area contributed by atoms with Crippen LogP contribution >= 0.6 is 11.3 Å². The van der Waals surface area contributed by atoms with Crippen LogP contribution in [-0.2, 0) is 24.4 Å². The van der Waals surface area contributed by atoms with E-state index in [9.17, 15) is 22.8 Å². The molecular weight excluding hydrogens is 729 g/mol. The molecule has 3 aliphatic carbocycles. The average Bonchev–Trinajstić information content (AvgIpc) is 3.91. The monoisotopic (exact) mass is 780 g/mol. The number of carbonyl (C=O) groups excluding carboxylic acids is 3. The number of unbranched alkanes of at least 4 members (excludes halogenated alkanes) is 2. The lowest BCUT2D eigenvalue weighted by atomic mass is 9.93. The van der Waals surface area contributed by atoms with Crippen LogP contribution in [0.25, 0.3) is 21.6 Å². The van der Waals surface area contributed by atoms with E-state index in [1.165, 1.54) is 18.4 Å². The van der Waals surface area contributed by atoms with E-state index in [0.717, 1.165) is 40.9 Å². The Morgan fingerprint density at radius 2 is 1.81 bits per heavy atom. The van der Waals surface area contributed by atoms with Gasteiger partial charge in [-0.05, 0) is 89.8 Å². The lowest BCUT2D eigenvalue weighted by Gasteiger charge is -2.24. The SMILES string of the molecule is CNC(=O)[C@@H]1C[C@H](Oc2cc(-c3nc(C(C)C)cs3)nc3c(C)c(OC)ccc23)C[C@H]1C(=O)N[C@]1(C(=O)NS(=O)(=O)C2(C)CC2)C[C@H]1C=CCCCCN. The van der Waals surface area contributed by atoms with E-state index in [1.807, 2.05) is 42.7 Å². The Morgan fingerprint density at radius 3 is 2.44 bits per heavy atom. The Kier molecular flexibility index (Phi) is 11.4. The number of thiazole rings is 1. The van der Waals surface area contributed by atoms with Gasteiger partial charge >= 0.3 is 0 Å². The van der Waals surface area contributed by atoms with Gasteiger partial charge < -0.3 is 25.8 Å². The minimum absolute atomic E-state index is 0.195. The number of nitrogens with two attached hydrogens (primary N) is 1. The molecule has 0 unspecified atom stereocenters. The number of amides is 3. The Balaban J connectivity index is 1.28. The Bertz CT molecular complexity index is 2060. The summed E-state index contributed by atoms with van der Waals surface area (Å²) in [5.41, 5.74) is 7.30. The lowest BCUT2D eigenvalue weighted by molar-refractivity contribution is -0.135. The van der Waals surface area contributed by atoms with Crippen molar-refractivity contribution in [3.63, 3.8) is 0 Å². The van der Waals surface area contributed by atoms with Crippen molar-refractivity contribution in [1.29, 1.82) is 0 Å². The van der Waals surface area contributed by atoms with E-state index >= 15 is 0 Å². The van der Waals surface area contributed by atoms with Crippen molar-refractivity contribution in [2.24, 2.45) is 23.5 Å². The van der Waals surface area contributed by atoms with E-state index in [4.69, 9.17) is 25.2 Å². The van der Waals surface area contributed by atoms with Crippen LogP contribution in [0.4, 0.5) is 0 Å². The Hall–Kier alpha value is -4.08. The van der Waals surface area contributed by atoms with Crippen LogP contribution in [-0.4, -0.2) is 73.2 Å². The first-order valence-electron chi connectivity index (χ1n) is 18.7. The van der Waals surface area contributed by atoms with Crippen molar-refractivity contribution < 1.29 is 32.3 Å². The van der Waals surface area contributed by atoms with Crippen LogP contribution in [0.15, 0.2) is 35.7 Å². The summed E-state index contributed by atoms with van der Waals surface area (Å²) in [5, 5.41) is 9.15. The molecule has 3 aromatic rings. The molecule has 3 aliphatic rings. The van der Waals surface area contributed by atoms with E-state index in [-0.39, 0.29) is 31.1 Å². The molecule has 5 atom stereocenters. The quantitative estimate of drug-likeness (QED) is 0.115. The highest BCUT2D eigenvalue weighted by Gasteiger charge is 2.63. The molecule has 292 valence electrons. The third kappa shape index (κ3) is 7.85. The van der Waals surface area contributed by atoms with Crippen LogP contribution in [0.5, 0.6) is 11.5 Å². The number of nitrogens with zero attached hydrogens (tertiary/aromatic N) is 2. The molecule has 3 fully saturated rings. The fourth-order valence-corrected chi connectivity index (χ4v) is 9.50. The number of ether oxygens (including phenoxy) is 2. The van der Waals surface area contributed by atoms with Crippen LogP contribution in [0.2, 0.25) is 0 Å². The predicted molar refractivity (Wildman–Crippen MR) is 209 cm³/mol. The number of rotatable bonds is 16. The van der Waals surface area contributed by atoms with Crippen LogP contribution < -0.4 is 30.6 Å². The van der Waals surface area contributed by atoms with E-state index in [1.54, 1.807) is 14.0 Å². The number of hydrogen-bond donors (Lipinski definition) is 4. The number of aryl methyl sites for hydroxylation is 1. The summed E-state index contributed by atoms with van der Waals surface area (Å²) in [6.07, 6.45) is 7.36. The highest BCUT2D eigenvalue weighted by Crippen LogP contribution is 2.48. The molecule has 54 heavy (non-hydrogen) atoms. The summed E-state index contributed by atoms with van der Waals surface area (Å²) < 4.78 is 39.8. The topological polar surface area (TPSA) is 192 Å². The van der Waals surface area contributed by atoms with Gasteiger partial charge in [0, 0.05) is 35.4 Å². The molecular formula is C39H52N6O7S2. The first kappa shape index (κ1) is 39.6. The van der Waals surface area contributed by atoms with E-state index < -0.39 is 56.0 Å². The smallest absolute Gasteiger partial charge is 0.259 e. The number of allylic oxidation sites excluding steroid dienone is 1. The molecule has 3 saturated carbocycles. The van der Waals surface area contributed by atoms with Gasteiger partial charge in [-0.3, -0.25) is 19.1 Å². The van der Waals surface area contributed by atoms with Crippen LogP contribution in [0.3, 0.4) is 0 Å². The highest BCUT2D eigenvalue weighted by atomic mass is 32.2. The Morgan fingerprint density at radius 1 is 1.09 bits per heavy atom. The molecule has 0 aliphatic heterocycles. The second-order valence-electron chi connectivity index (χ2n) is 15.4. The number of benzene rings is 1. The number of nitrogens with one attached hydrogen (secondary N) is 3. The molecule has 0 spiro atoms. The molecule has 5 N–H and O–H groups in total. The Labute approximate surface area is 321 Å². The normalized spacial score (nSPS) is 24.4. The largest absolute Gasteiger partial charge is 0.496 e. The lowest BCUT2D eigenvalue weighted by Crippen LogP contribution is -2.55. The van der Waals surface area contributed by atoms with Gasteiger partial charge in [0.1, 0.15) is 33.8 Å². The molecule has 2 aromatic heterocycles. The van der Waals surface area contributed by atoms with Gasteiger partial charge in [-0.1, -0.05) is 26.0 Å². The van der Waals surface area contributed by atoms with Gasteiger partial charge in [-0.15, -0.1) is 11.3 Å². The first-order valence-corrected chi connectivity index (χ1v) is 21.1. The van der Waals surface area contributed by atoms with Crippen molar-refractivity contribution in [1.82, 2.24) is 25.3 Å². The van der Waals surface area contributed by atoms with Gasteiger partial charge in [0.2, 0.25) is 21.8 Å². The zero-order valence-corrected chi connectivity index (χ0v) is 33.5. The summed E-state index contributed by atoms with van der Waals surface area (Å²) in [7, 11) is -0.822. The van der Waals surface area contributed by atoms with Crippen molar-refractivity contribution in [2.75, 3.05) is 20.7 Å². The minimum Gasteiger partial charge on any atom is -0.496 e. The van der Waals surface area contributed by atoms with E-state index in [0.29, 0.717) is 42.1 Å². The molecule has 0 bridgehead atoms. The summed E-state index contributed by atoms with van der Waals surface area (Å²) in [5.74, 6) is -2.10. The van der Waals surface area contributed by atoms with Crippen molar-refractivity contribution in [2.45, 2.75) is 101 Å². The van der Waals surface area contributed by atoms with Crippen LogP contribution in [0.1, 0.15) is 89.3 Å². The van der Waals surface area contributed by atoms with Crippen molar-refractivity contribution >= 4 is 50.0 Å². The summed E-state index contributed by atoms with van der Waals surface area (Å²) in [4.78, 5) is 51.2. The van der Waals surface area contributed by atoms with Crippen molar-refractivity contribution in [3.8, 4) is 22.2 Å². The van der Waals surface area contributed by atoms with Gasteiger partial charge in [-0.2, -0.15) is 0 Å². The van der Waals surface area contributed by atoms with Crippen molar-refractivity contribution in [3.05, 3.63) is 47.0 Å². The number of sulfonamides is 1. The molecule has 0 saturated heterocycles. The molecule has 6 rings (SSSR count). The zero-order chi connectivity index (χ0) is 39.0. The number of carbonyl (C=O) groups is 3. The number of pyridine rings is 1. The third-order valence-corrected chi connectivity index (χ3v) is 14.3. The number of aromatic nitrogens is 2. The fraction of sp³-hybridized carbons (Fsp3) is 0.564. The second kappa shape index (κ2) is 15.6. The maximum atomic E-state index is 14.2. The summed E-state index contributed by atoms with van der Waals surface area (Å²) in [6.45, 7) is 8.29. The van der Waals surface area contributed by atoms with Crippen LogP contribution in [0, 0.1) is 24.7 Å². The van der Waals surface area contributed by atoms with Gasteiger partial charge in [0.15, 0.2) is 0 Å². The van der Waals surface area contributed by atoms with Gasteiger partial charge in [0.25, 0.3) is 5.91 Å². The molecule has 2 heterocycles. The maximum absolute atomic E-state index is 14.2. The predicted octanol–water partition coefficient (Wildman–Crippen LogP) is 4.88. The summed E-state index contributed by atoms with van der Waals surface area (Å²) in [6, 6.07) is 5.60. The summed E-state index contributed by atoms with van der Waals surface area (Å²) >= 11 is 1.50. The van der Waals surface area contributed by atoms with E-state index in [2.05, 4.69) is 29.2 Å². The molecule has 3 amide bonds. The number of hydrogen-bond acceptors (Lipinski definition) is 11. The molecule has 1 aromatic carbocycles.